The number of hydrogen-bond acceptors (Lipinski definition) is 8. The van der Waals surface area contributed by atoms with Gasteiger partial charge in [-0.1, -0.05) is 30.3 Å². The minimum atomic E-state index is -1.18. The highest BCUT2D eigenvalue weighted by Crippen LogP contribution is 2.02. The number of benzene rings is 1. The maximum Gasteiger partial charge on any atom is 0.508 e. The number of esters is 1. The monoisotopic (exact) mass is 395 g/mol. The van der Waals surface area contributed by atoms with Gasteiger partial charge in [-0.25, -0.2) is 9.59 Å². The molecular formula is C18H25N3O7. The summed E-state index contributed by atoms with van der Waals surface area (Å²) in [6.45, 7) is 2.56. The highest BCUT2D eigenvalue weighted by atomic mass is 16.7. The second-order valence-corrected chi connectivity index (χ2v) is 5.93. The van der Waals surface area contributed by atoms with Crippen molar-refractivity contribution in [3.63, 3.8) is 0 Å². The van der Waals surface area contributed by atoms with Gasteiger partial charge in [-0.15, -0.1) is 0 Å². The molecule has 1 aromatic rings. The van der Waals surface area contributed by atoms with Gasteiger partial charge in [0.15, 0.2) is 0 Å². The predicted octanol–water partition coefficient (Wildman–Crippen LogP) is -0.150. The van der Waals surface area contributed by atoms with Crippen LogP contribution in [0.4, 0.5) is 4.79 Å². The Hall–Kier alpha value is -3.14. The van der Waals surface area contributed by atoms with Gasteiger partial charge in [0.2, 0.25) is 11.8 Å². The van der Waals surface area contributed by atoms with Gasteiger partial charge in [0.05, 0.1) is 7.11 Å². The van der Waals surface area contributed by atoms with E-state index in [4.69, 9.17) is 10.5 Å². The van der Waals surface area contributed by atoms with Crippen LogP contribution in [0.5, 0.6) is 0 Å². The third kappa shape index (κ3) is 8.04. The molecule has 10 heteroatoms. The summed E-state index contributed by atoms with van der Waals surface area (Å²) in [5.41, 5.74) is 6.38. The predicted molar refractivity (Wildman–Crippen MR) is 97.8 cm³/mol. The zero-order valence-electron chi connectivity index (χ0n) is 16.0. The van der Waals surface area contributed by atoms with E-state index in [1.807, 2.05) is 18.2 Å². The zero-order chi connectivity index (χ0) is 21.1. The van der Waals surface area contributed by atoms with Crippen LogP contribution in [0, 0.1) is 0 Å². The van der Waals surface area contributed by atoms with Crippen molar-refractivity contribution in [1.29, 1.82) is 0 Å². The summed E-state index contributed by atoms with van der Waals surface area (Å²) in [4.78, 5) is 46.9. The molecule has 2 amide bonds. The molecule has 28 heavy (non-hydrogen) atoms. The van der Waals surface area contributed by atoms with Crippen LogP contribution < -0.4 is 16.4 Å². The van der Waals surface area contributed by atoms with Gasteiger partial charge < -0.3 is 30.6 Å². The number of ether oxygens (including phenoxy) is 3. The van der Waals surface area contributed by atoms with Gasteiger partial charge >= 0.3 is 12.1 Å². The average molecular weight is 395 g/mol. The molecule has 0 aliphatic carbocycles. The number of amides is 2. The number of nitrogens with two attached hydrogens (primary N) is 1. The van der Waals surface area contributed by atoms with Gasteiger partial charge in [-0.2, -0.15) is 0 Å². The molecule has 1 rings (SSSR count). The summed E-state index contributed by atoms with van der Waals surface area (Å²) in [5.74, 6) is -1.91. The smallest absolute Gasteiger partial charge is 0.459 e. The molecule has 0 saturated carbocycles. The summed E-state index contributed by atoms with van der Waals surface area (Å²) in [6.07, 6.45) is -0.975. The van der Waals surface area contributed by atoms with E-state index in [2.05, 4.69) is 20.1 Å². The van der Waals surface area contributed by atoms with E-state index < -0.39 is 48.7 Å². The molecule has 0 bridgehead atoms. The second kappa shape index (κ2) is 11.5. The number of methoxy groups -OCH3 is 1. The largest absolute Gasteiger partial charge is 0.508 e. The minimum absolute atomic E-state index is 0.0845. The number of hydrogen-bond donors (Lipinski definition) is 3. The Bertz CT molecular complexity index is 681. The standard InChI is InChI=1S/C18H25N3O7/c1-11(20-16(23)14(19)10-28-18(25)26-3)15(22)21-12(2)17(24)27-9-13-7-5-4-6-8-13/h4-8,11-12,14H,9-10,19H2,1-3H3,(H,20,23)(H,21,22)/t11-,12-,14-/m0/s1. The van der Waals surface area contributed by atoms with Crippen molar-refractivity contribution in [2.24, 2.45) is 5.73 Å². The van der Waals surface area contributed by atoms with Gasteiger partial charge in [0.1, 0.15) is 31.3 Å². The van der Waals surface area contributed by atoms with E-state index >= 15 is 0 Å². The first-order valence-electron chi connectivity index (χ1n) is 8.52. The minimum Gasteiger partial charge on any atom is -0.459 e. The summed E-state index contributed by atoms with van der Waals surface area (Å²) in [5, 5.41) is 4.81. The summed E-state index contributed by atoms with van der Waals surface area (Å²) in [7, 11) is 1.12. The van der Waals surface area contributed by atoms with Crippen LogP contribution in [0.25, 0.3) is 0 Å². The topological polar surface area (TPSA) is 146 Å². The number of rotatable bonds is 9. The highest BCUT2D eigenvalue weighted by Gasteiger charge is 2.24. The van der Waals surface area contributed by atoms with Gasteiger partial charge in [-0.05, 0) is 19.4 Å². The van der Waals surface area contributed by atoms with Crippen molar-refractivity contribution in [2.45, 2.75) is 38.6 Å². The maximum absolute atomic E-state index is 12.1. The summed E-state index contributed by atoms with van der Waals surface area (Å²) >= 11 is 0. The SMILES string of the molecule is COC(=O)OC[C@H](N)C(=O)N[C@@H](C)C(=O)N[C@@H](C)C(=O)OCc1ccccc1. The third-order valence-electron chi connectivity index (χ3n) is 3.57. The Labute approximate surface area is 162 Å². The lowest BCUT2D eigenvalue weighted by Crippen LogP contribution is -2.53. The van der Waals surface area contributed by atoms with E-state index in [0.717, 1.165) is 12.7 Å². The Morgan fingerprint density at radius 3 is 2.18 bits per heavy atom. The molecule has 0 aromatic heterocycles. The Balaban J connectivity index is 2.40. The molecule has 0 unspecified atom stereocenters. The first kappa shape index (κ1) is 22.9. The van der Waals surface area contributed by atoms with Crippen LogP contribution >= 0.6 is 0 Å². The molecule has 0 aliphatic rings. The summed E-state index contributed by atoms with van der Waals surface area (Å²) in [6, 6.07) is 6.04. The zero-order valence-corrected chi connectivity index (χ0v) is 16.0. The van der Waals surface area contributed by atoms with Crippen molar-refractivity contribution in [2.75, 3.05) is 13.7 Å². The summed E-state index contributed by atoms with van der Waals surface area (Å²) < 4.78 is 14.0. The first-order valence-corrected chi connectivity index (χ1v) is 8.52. The Morgan fingerprint density at radius 1 is 0.964 bits per heavy atom. The lowest BCUT2D eigenvalue weighted by molar-refractivity contribution is -0.148. The van der Waals surface area contributed by atoms with Crippen LogP contribution in [0.3, 0.4) is 0 Å². The lowest BCUT2D eigenvalue weighted by atomic mass is 10.2. The fourth-order valence-electron chi connectivity index (χ4n) is 1.93. The lowest BCUT2D eigenvalue weighted by Gasteiger charge is -2.19. The molecule has 154 valence electrons. The first-order chi connectivity index (χ1) is 13.2. The molecule has 0 saturated heterocycles. The fraction of sp³-hybridized carbons (Fsp3) is 0.444. The molecular weight excluding hydrogens is 370 g/mol. The molecule has 4 N–H and O–H groups in total. The van der Waals surface area contributed by atoms with Crippen molar-refractivity contribution in [3.8, 4) is 0 Å². The van der Waals surface area contributed by atoms with Gasteiger partial charge in [0.25, 0.3) is 0 Å². The van der Waals surface area contributed by atoms with Gasteiger partial charge in [0, 0.05) is 0 Å². The van der Waals surface area contributed by atoms with Crippen LogP contribution in [0.2, 0.25) is 0 Å². The van der Waals surface area contributed by atoms with Crippen molar-refractivity contribution in [1.82, 2.24) is 10.6 Å². The molecule has 0 fully saturated rings. The molecule has 0 heterocycles. The molecule has 0 aliphatic heterocycles. The third-order valence-corrected chi connectivity index (χ3v) is 3.57. The van der Waals surface area contributed by atoms with E-state index in [1.165, 1.54) is 13.8 Å². The van der Waals surface area contributed by atoms with Crippen molar-refractivity contribution in [3.05, 3.63) is 35.9 Å². The van der Waals surface area contributed by atoms with Crippen molar-refractivity contribution >= 4 is 23.9 Å². The van der Waals surface area contributed by atoms with Gasteiger partial charge in [-0.3, -0.25) is 9.59 Å². The number of nitrogens with one attached hydrogen (secondary N) is 2. The Morgan fingerprint density at radius 2 is 1.57 bits per heavy atom. The van der Waals surface area contributed by atoms with E-state index in [0.29, 0.717) is 0 Å². The average Bonchev–Trinajstić information content (AvgIpc) is 2.70. The molecule has 10 nitrogen and oxygen atoms in total. The fourth-order valence-corrected chi connectivity index (χ4v) is 1.93. The molecule has 1 aromatic carbocycles. The molecule has 0 radical (unpaired) electrons. The molecule has 0 spiro atoms. The maximum atomic E-state index is 12.1. The van der Waals surface area contributed by atoms with Crippen LogP contribution in [-0.2, 0) is 35.2 Å². The van der Waals surface area contributed by atoms with E-state index in [1.54, 1.807) is 12.1 Å². The van der Waals surface area contributed by atoms with E-state index in [-0.39, 0.29) is 6.61 Å². The van der Waals surface area contributed by atoms with E-state index in [9.17, 15) is 19.2 Å². The second-order valence-electron chi connectivity index (χ2n) is 5.93. The number of carbonyl (C=O) groups is 4. The highest BCUT2D eigenvalue weighted by molar-refractivity contribution is 5.91. The number of carbonyl (C=O) groups excluding carboxylic acids is 4. The van der Waals surface area contributed by atoms with Crippen molar-refractivity contribution < 1.29 is 33.4 Å². The molecule has 3 atom stereocenters. The van der Waals surface area contributed by atoms with Crippen LogP contribution in [0.1, 0.15) is 19.4 Å². The van der Waals surface area contributed by atoms with Crippen LogP contribution in [-0.4, -0.2) is 55.8 Å². The Kier molecular flexibility index (Phi) is 9.44. The van der Waals surface area contributed by atoms with Crippen LogP contribution in [0.15, 0.2) is 30.3 Å². The quantitative estimate of drug-likeness (QED) is 0.489. The normalized spacial score (nSPS) is 13.4.